The Kier molecular flexibility index (Phi) is 9.69. The van der Waals surface area contributed by atoms with Crippen LogP contribution in [0.25, 0.3) is 0 Å². The molecule has 3 N–H and O–H groups in total. The van der Waals surface area contributed by atoms with E-state index in [1.165, 1.54) is 38.5 Å². The number of ether oxygens (including phenoxy) is 1. The summed E-state index contributed by atoms with van der Waals surface area (Å²) in [5.74, 6) is 0.718. The van der Waals surface area contributed by atoms with Crippen LogP contribution in [0.1, 0.15) is 61.4 Å². The van der Waals surface area contributed by atoms with Gasteiger partial charge >= 0.3 is 0 Å². The van der Waals surface area contributed by atoms with Crippen LogP contribution in [0.15, 0.2) is 29.3 Å². The molecular formula is C21H34N4O2. The normalized spacial score (nSPS) is 15.9. The van der Waals surface area contributed by atoms with Gasteiger partial charge in [-0.1, -0.05) is 37.8 Å². The predicted octanol–water partition coefficient (Wildman–Crippen LogP) is 2.84. The molecule has 0 unspecified atom stereocenters. The monoisotopic (exact) mass is 374 g/mol. The van der Waals surface area contributed by atoms with Gasteiger partial charge in [0, 0.05) is 32.2 Å². The Bertz CT molecular complexity index is 578. The van der Waals surface area contributed by atoms with Gasteiger partial charge in [0.1, 0.15) is 0 Å². The zero-order valence-electron chi connectivity index (χ0n) is 16.7. The van der Waals surface area contributed by atoms with Crippen molar-refractivity contribution >= 4 is 11.9 Å². The van der Waals surface area contributed by atoms with Gasteiger partial charge in [-0.25, -0.2) is 0 Å². The number of guanidine groups is 1. The quantitative estimate of drug-likeness (QED) is 0.283. The topological polar surface area (TPSA) is 74.8 Å². The number of nitrogens with one attached hydrogen (secondary N) is 3. The van der Waals surface area contributed by atoms with E-state index in [0.29, 0.717) is 31.4 Å². The average molecular weight is 375 g/mol. The molecule has 6 heteroatoms. The number of aliphatic imine (C=N–C) groups is 1. The molecule has 0 heterocycles. The Morgan fingerprint density at radius 1 is 1.07 bits per heavy atom. The molecule has 0 bridgehead atoms. The summed E-state index contributed by atoms with van der Waals surface area (Å²) in [5, 5.41) is 9.38. The predicted molar refractivity (Wildman–Crippen MR) is 110 cm³/mol. The molecule has 1 aliphatic carbocycles. The van der Waals surface area contributed by atoms with Gasteiger partial charge in [0.05, 0.1) is 12.7 Å². The molecule has 1 aliphatic rings. The number of carbonyl (C=O) groups excluding carboxylic acids is 1. The van der Waals surface area contributed by atoms with Gasteiger partial charge in [-0.2, -0.15) is 0 Å². The molecule has 6 nitrogen and oxygen atoms in total. The second-order valence-corrected chi connectivity index (χ2v) is 6.89. The van der Waals surface area contributed by atoms with E-state index in [0.717, 1.165) is 18.1 Å². The minimum absolute atomic E-state index is 0.0387. The van der Waals surface area contributed by atoms with Gasteiger partial charge < -0.3 is 20.7 Å². The van der Waals surface area contributed by atoms with Crippen LogP contribution in [-0.2, 0) is 11.3 Å². The first kappa shape index (κ1) is 21.2. The molecule has 1 fully saturated rings. The van der Waals surface area contributed by atoms with E-state index in [1.807, 2.05) is 31.2 Å². The lowest BCUT2D eigenvalue weighted by molar-refractivity contribution is 0.0468. The van der Waals surface area contributed by atoms with E-state index in [9.17, 15) is 4.79 Å². The van der Waals surface area contributed by atoms with E-state index >= 15 is 0 Å². The van der Waals surface area contributed by atoms with Crippen LogP contribution >= 0.6 is 0 Å². The summed E-state index contributed by atoms with van der Waals surface area (Å²) in [6, 6.07) is 7.61. The van der Waals surface area contributed by atoms with Gasteiger partial charge in [-0.15, -0.1) is 0 Å². The molecule has 0 radical (unpaired) electrons. The lowest BCUT2D eigenvalue weighted by atomic mass is 10.1. The molecule has 0 aliphatic heterocycles. The number of nitrogens with zero attached hydrogens (tertiary/aromatic N) is 1. The van der Waals surface area contributed by atoms with Crippen LogP contribution in [0.2, 0.25) is 0 Å². The molecule has 1 aromatic carbocycles. The fourth-order valence-corrected chi connectivity index (χ4v) is 3.25. The largest absolute Gasteiger partial charge is 0.376 e. The molecule has 1 saturated carbocycles. The number of hydrogen-bond donors (Lipinski definition) is 3. The van der Waals surface area contributed by atoms with Gasteiger partial charge in [-0.05, 0) is 37.5 Å². The fourth-order valence-electron chi connectivity index (χ4n) is 3.25. The smallest absolute Gasteiger partial charge is 0.251 e. The summed E-state index contributed by atoms with van der Waals surface area (Å²) in [6.07, 6.45) is 8.09. The van der Waals surface area contributed by atoms with Crippen LogP contribution in [0.5, 0.6) is 0 Å². The summed E-state index contributed by atoms with van der Waals surface area (Å²) in [5.41, 5.74) is 1.78. The highest BCUT2D eigenvalue weighted by atomic mass is 16.5. The first-order valence-corrected chi connectivity index (χ1v) is 10.2. The molecule has 0 spiro atoms. The van der Waals surface area contributed by atoms with Crippen LogP contribution in [-0.4, -0.2) is 44.7 Å². The van der Waals surface area contributed by atoms with Crippen LogP contribution in [0, 0.1) is 0 Å². The Hall–Kier alpha value is -2.08. The minimum Gasteiger partial charge on any atom is -0.376 e. The lowest BCUT2D eigenvalue weighted by Crippen LogP contribution is -2.38. The summed E-state index contributed by atoms with van der Waals surface area (Å²) in [6.45, 7) is 4.64. The van der Waals surface area contributed by atoms with E-state index in [-0.39, 0.29) is 5.91 Å². The first-order valence-electron chi connectivity index (χ1n) is 10.2. The highest BCUT2D eigenvalue weighted by molar-refractivity contribution is 5.94. The molecule has 0 aromatic heterocycles. The molecule has 1 amide bonds. The van der Waals surface area contributed by atoms with Crippen molar-refractivity contribution in [1.82, 2.24) is 16.0 Å². The van der Waals surface area contributed by atoms with E-state index in [1.54, 1.807) is 7.05 Å². The van der Waals surface area contributed by atoms with Crippen molar-refractivity contribution in [3.63, 3.8) is 0 Å². The molecular weight excluding hydrogens is 340 g/mol. The van der Waals surface area contributed by atoms with Crippen molar-refractivity contribution in [2.75, 3.05) is 26.7 Å². The molecule has 150 valence electrons. The zero-order valence-corrected chi connectivity index (χ0v) is 16.7. The van der Waals surface area contributed by atoms with Crippen molar-refractivity contribution in [3.05, 3.63) is 35.4 Å². The van der Waals surface area contributed by atoms with E-state index < -0.39 is 0 Å². The number of rotatable bonds is 8. The molecule has 27 heavy (non-hydrogen) atoms. The zero-order chi connectivity index (χ0) is 19.3. The third-order valence-electron chi connectivity index (χ3n) is 4.79. The Labute approximate surface area is 163 Å². The SMILES string of the molecule is CCNC(=O)c1ccc(CNC(=NC)NCCOC2CCCCCC2)cc1. The molecule has 0 atom stereocenters. The Balaban J connectivity index is 1.66. The summed E-state index contributed by atoms with van der Waals surface area (Å²) in [7, 11) is 1.76. The van der Waals surface area contributed by atoms with Crippen molar-refractivity contribution in [3.8, 4) is 0 Å². The number of carbonyl (C=O) groups is 1. The summed E-state index contributed by atoms with van der Waals surface area (Å²) < 4.78 is 5.99. The van der Waals surface area contributed by atoms with Crippen molar-refractivity contribution in [2.24, 2.45) is 4.99 Å². The number of amides is 1. The second kappa shape index (κ2) is 12.3. The number of benzene rings is 1. The highest BCUT2D eigenvalue weighted by Gasteiger charge is 2.12. The van der Waals surface area contributed by atoms with Crippen molar-refractivity contribution in [1.29, 1.82) is 0 Å². The Morgan fingerprint density at radius 3 is 2.41 bits per heavy atom. The van der Waals surface area contributed by atoms with Crippen LogP contribution in [0.4, 0.5) is 0 Å². The third-order valence-corrected chi connectivity index (χ3v) is 4.79. The van der Waals surface area contributed by atoms with Gasteiger partial charge in [0.25, 0.3) is 5.91 Å². The van der Waals surface area contributed by atoms with Gasteiger partial charge in [0.15, 0.2) is 5.96 Å². The summed E-state index contributed by atoms with van der Waals surface area (Å²) in [4.78, 5) is 16.0. The highest BCUT2D eigenvalue weighted by Crippen LogP contribution is 2.19. The maximum Gasteiger partial charge on any atom is 0.251 e. The summed E-state index contributed by atoms with van der Waals surface area (Å²) >= 11 is 0. The number of hydrogen-bond acceptors (Lipinski definition) is 3. The van der Waals surface area contributed by atoms with E-state index in [4.69, 9.17) is 4.74 Å². The molecule has 0 saturated heterocycles. The van der Waals surface area contributed by atoms with E-state index in [2.05, 4.69) is 20.9 Å². The first-order chi connectivity index (χ1) is 13.2. The third kappa shape index (κ3) is 7.99. The lowest BCUT2D eigenvalue weighted by Gasteiger charge is -2.17. The second-order valence-electron chi connectivity index (χ2n) is 6.89. The van der Waals surface area contributed by atoms with Crippen molar-refractivity contribution in [2.45, 2.75) is 58.1 Å². The minimum atomic E-state index is -0.0387. The Morgan fingerprint density at radius 2 is 1.78 bits per heavy atom. The average Bonchev–Trinajstić information content (AvgIpc) is 2.97. The van der Waals surface area contributed by atoms with Gasteiger partial charge in [-0.3, -0.25) is 9.79 Å². The van der Waals surface area contributed by atoms with Crippen LogP contribution in [0.3, 0.4) is 0 Å². The standard InChI is InChI=1S/C21H34N4O2/c1-3-23-20(26)18-12-10-17(11-13-18)16-25-21(22-2)24-14-15-27-19-8-6-4-5-7-9-19/h10-13,19H,3-9,14-16H2,1-2H3,(H,23,26)(H2,22,24,25). The van der Waals surface area contributed by atoms with Crippen molar-refractivity contribution < 1.29 is 9.53 Å². The van der Waals surface area contributed by atoms with Crippen LogP contribution < -0.4 is 16.0 Å². The molecule has 2 rings (SSSR count). The maximum atomic E-state index is 11.8. The van der Waals surface area contributed by atoms with Gasteiger partial charge in [0.2, 0.25) is 0 Å². The fraction of sp³-hybridized carbons (Fsp3) is 0.619. The maximum absolute atomic E-state index is 11.8. The molecule has 1 aromatic rings.